The number of benzene rings is 1. The molecular formula is C15H22IN5. The number of rotatable bonds is 4. The molecule has 0 bridgehead atoms. The Kier molecular flexibility index (Phi) is 7.21. The monoisotopic (exact) mass is 399 g/mol. The molecule has 2 aromatic rings. The van der Waals surface area contributed by atoms with Crippen LogP contribution in [0.2, 0.25) is 0 Å². The number of aliphatic imine (C=N–C) groups is 1. The predicted molar refractivity (Wildman–Crippen MR) is 96.8 cm³/mol. The summed E-state index contributed by atoms with van der Waals surface area (Å²) in [6, 6.07) is 8.44. The minimum absolute atomic E-state index is 0. The van der Waals surface area contributed by atoms with Crippen molar-refractivity contribution in [2.45, 2.75) is 20.0 Å². The number of aromatic nitrogens is 2. The lowest BCUT2D eigenvalue weighted by Crippen LogP contribution is -2.36. The number of nitrogens with one attached hydrogen (secondary N) is 2. The van der Waals surface area contributed by atoms with Gasteiger partial charge in [0.25, 0.3) is 0 Å². The summed E-state index contributed by atoms with van der Waals surface area (Å²) < 4.78 is 1.79. The van der Waals surface area contributed by atoms with E-state index in [0.717, 1.165) is 18.1 Å². The van der Waals surface area contributed by atoms with Gasteiger partial charge < -0.3 is 10.6 Å². The van der Waals surface area contributed by atoms with Crippen LogP contribution in [0.15, 0.2) is 41.7 Å². The van der Waals surface area contributed by atoms with Gasteiger partial charge in [-0.2, -0.15) is 5.10 Å². The summed E-state index contributed by atoms with van der Waals surface area (Å²) >= 11 is 0. The van der Waals surface area contributed by atoms with Gasteiger partial charge in [0.1, 0.15) is 0 Å². The molecule has 1 aromatic heterocycles. The number of hydrogen-bond donors (Lipinski definition) is 2. The third-order valence-electron chi connectivity index (χ3n) is 2.98. The van der Waals surface area contributed by atoms with Crippen LogP contribution >= 0.6 is 24.0 Å². The Labute approximate surface area is 142 Å². The SMILES string of the molecule is CN=C(NCc1cccc(C)c1)NCc1cnn(C)c1.I. The molecule has 1 aromatic carbocycles. The van der Waals surface area contributed by atoms with Crippen molar-refractivity contribution in [1.82, 2.24) is 20.4 Å². The Morgan fingerprint density at radius 3 is 2.52 bits per heavy atom. The normalized spacial score (nSPS) is 10.9. The van der Waals surface area contributed by atoms with Crippen LogP contribution in [0.3, 0.4) is 0 Å². The molecule has 0 amide bonds. The molecule has 0 aliphatic rings. The zero-order valence-corrected chi connectivity index (χ0v) is 15.0. The smallest absolute Gasteiger partial charge is 0.191 e. The standard InChI is InChI=1S/C15H21N5.HI/c1-12-5-4-6-13(7-12)8-17-15(16-2)18-9-14-10-19-20(3)11-14;/h4-7,10-11H,8-9H2,1-3H3,(H2,16,17,18);1H. The van der Waals surface area contributed by atoms with Crippen molar-refractivity contribution >= 4 is 29.9 Å². The first kappa shape index (κ1) is 17.5. The molecule has 0 saturated heterocycles. The molecule has 0 unspecified atom stereocenters. The fourth-order valence-electron chi connectivity index (χ4n) is 1.98. The van der Waals surface area contributed by atoms with Crippen LogP contribution in [0.5, 0.6) is 0 Å². The van der Waals surface area contributed by atoms with Crippen molar-refractivity contribution in [3.63, 3.8) is 0 Å². The minimum Gasteiger partial charge on any atom is -0.352 e. The van der Waals surface area contributed by atoms with Crippen molar-refractivity contribution in [3.8, 4) is 0 Å². The Morgan fingerprint density at radius 2 is 1.95 bits per heavy atom. The average Bonchev–Trinajstić information content (AvgIpc) is 2.85. The van der Waals surface area contributed by atoms with Gasteiger partial charge in [-0.15, -0.1) is 24.0 Å². The van der Waals surface area contributed by atoms with Crippen LogP contribution in [-0.2, 0) is 20.1 Å². The van der Waals surface area contributed by atoms with Crippen LogP contribution in [0.1, 0.15) is 16.7 Å². The van der Waals surface area contributed by atoms with E-state index in [2.05, 4.69) is 51.9 Å². The molecule has 0 aliphatic carbocycles. The second-order valence-electron chi connectivity index (χ2n) is 4.79. The molecule has 0 saturated carbocycles. The first-order valence-electron chi connectivity index (χ1n) is 6.65. The van der Waals surface area contributed by atoms with Gasteiger partial charge in [-0.25, -0.2) is 0 Å². The lowest BCUT2D eigenvalue weighted by molar-refractivity contribution is 0.765. The highest BCUT2D eigenvalue weighted by Crippen LogP contribution is 2.03. The van der Waals surface area contributed by atoms with E-state index in [9.17, 15) is 0 Å². The molecule has 0 atom stereocenters. The van der Waals surface area contributed by atoms with E-state index in [-0.39, 0.29) is 24.0 Å². The fraction of sp³-hybridized carbons (Fsp3) is 0.333. The highest BCUT2D eigenvalue weighted by atomic mass is 127. The van der Waals surface area contributed by atoms with Crippen LogP contribution in [0.25, 0.3) is 0 Å². The molecule has 0 radical (unpaired) electrons. The third kappa shape index (κ3) is 5.74. The molecule has 0 aliphatic heterocycles. The first-order valence-corrected chi connectivity index (χ1v) is 6.65. The lowest BCUT2D eigenvalue weighted by atomic mass is 10.1. The van der Waals surface area contributed by atoms with Gasteiger partial charge in [0.2, 0.25) is 0 Å². The molecule has 2 rings (SSSR count). The summed E-state index contributed by atoms with van der Waals surface area (Å²) in [6.07, 6.45) is 3.83. The molecule has 5 nitrogen and oxygen atoms in total. The largest absolute Gasteiger partial charge is 0.352 e. The summed E-state index contributed by atoms with van der Waals surface area (Å²) in [5.74, 6) is 0.787. The maximum Gasteiger partial charge on any atom is 0.191 e. The van der Waals surface area contributed by atoms with Gasteiger partial charge in [-0.05, 0) is 12.5 Å². The fourth-order valence-corrected chi connectivity index (χ4v) is 1.98. The van der Waals surface area contributed by atoms with E-state index in [1.807, 2.05) is 19.4 Å². The maximum absolute atomic E-state index is 4.21. The highest BCUT2D eigenvalue weighted by molar-refractivity contribution is 14.0. The van der Waals surface area contributed by atoms with Gasteiger partial charge in [0.15, 0.2) is 5.96 Å². The third-order valence-corrected chi connectivity index (χ3v) is 2.98. The van der Waals surface area contributed by atoms with E-state index in [1.54, 1.807) is 11.7 Å². The summed E-state index contributed by atoms with van der Waals surface area (Å²) in [6.45, 7) is 3.56. The Morgan fingerprint density at radius 1 is 1.24 bits per heavy atom. The predicted octanol–water partition coefficient (Wildman–Crippen LogP) is 2.21. The number of aryl methyl sites for hydroxylation is 2. The van der Waals surface area contributed by atoms with Crippen LogP contribution in [0.4, 0.5) is 0 Å². The Bertz CT molecular complexity index is 591. The minimum atomic E-state index is 0. The number of halogens is 1. The van der Waals surface area contributed by atoms with Crippen LogP contribution < -0.4 is 10.6 Å². The molecule has 2 N–H and O–H groups in total. The van der Waals surface area contributed by atoms with E-state index in [1.165, 1.54) is 11.1 Å². The molecule has 114 valence electrons. The molecule has 6 heteroatoms. The van der Waals surface area contributed by atoms with Gasteiger partial charge in [-0.3, -0.25) is 9.67 Å². The van der Waals surface area contributed by atoms with Crippen molar-refractivity contribution in [2.24, 2.45) is 12.0 Å². The van der Waals surface area contributed by atoms with E-state index in [4.69, 9.17) is 0 Å². The van der Waals surface area contributed by atoms with Crippen molar-refractivity contribution in [1.29, 1.82) is 0 Å². The van der Waals surface area contributed by atoms with Gasteiger partial charge >= 0.3 is 0 Å². The zero-order chi connectivity index (χ0) is 14.4. The van der Waals surface area contributed by atoms with E-state index >= 15 is 0 Å². The van der Waals surface area contributed by atoms with Crippen molar-refractivity contribution in [2.75, 3.05) is 7.05 Å². The average molecular weight is 399 g/mol. The summed E-state index contributed by atoms with van der Waals surface area (Å²) in [5.41, 5.74) is 3.64. The Balaban J connectivity index is 0.00000220. The zero-order valence-electron chi connectivity index (χ0n) is 12.6. The Hall–Kier alpha value is -1.57. The van der Waals surface area contributed by atoms with E-state index in [0.29, 0.717) is 6.54 Å². The molecule has 21 heavy (non-hydrogen) atoms. The molecule has 0 fully saturated rings. The lowest BCUT2D eigenvalue weighted by Gasteiger charge is -2.11. The first-order chi connectivity index (χ1) is 9.67. The van der Waals surface area contributed by atoms with Crippen LogP contribution in [-0.4, -0.2) is 22.8 Å². The van der Waals surface area contributed by atoms with Gasteiger partial charge in [0, 0.05) is 38.9 Å². The van der Waals surface area contributed by atoms with Crippen LogP contribution in [0, 0.1) is 6.92 Å². The van der Waals surface area contributed by atoms with Gasteiger partial charge in [-0.1, -0.05) is 29.8 Å². The summed E-state index contributed by atoms with van der Waals surface area (Å²) in [4.78, 5) is 4.21. The quantitative estimate of drug-likeness (QED) is 0.471. The molecule has 0 spiro atoms. The number of guanidine groups is 1. The van der Waals surface area contributed by atoms with Crippen molar-refractivity contribution < 1.29 is 0 Å². The maximum atomic E-state index is 4.21. The number of hydrogen-bond acceptors (Lipinski definition) is 2. The van der Waals surface area contributed by atoms with E-state index < -0.39 is 0 Å². The summed E-state index contributed by atoms with van der Waals surface area (Å²) in [7, 11) is 3.68. The second kappa shape index (κ2) is 8.66. The van der Waals surface area contributed by atoms with Gasteiger partial charge in [0.05, 0.1) is 6.20 Å². The summed E-state index contributed by atoms with van der Waals surface area (Å²) in [5, 5.41) is 10.7. The highest BCUT2D eigenvalue weighted by Gasteiger charge is 2.00. The second-order valence-corrected chi connectivity index (χ2v) is 4.79. The van der Waals surface area contributed by atoms with Crippen molar-refractivity contribution in [3.05, 3.63) is 53.3 Å². The molecule has 1 heterocycles. The topological polar surface area (TPSA) is 54.2 Å². The number of nitrogens with zero attached hydrogens (tertiary/aromatic N) is 3. The molecular weight excluding hydrogens is 377 g/mol.